The standard InChI is InChI=1S/C16H26O3/c17-15-11-14(12-7-3-1-4-8-12)18-16(19-15)13-9-5-2-6-10-13/h12-14,16H,1-11H2. The van der Waals surface area contributed by atoms with Crippen molar-refractivity contribution in [3.05, 3.63) is 0 Å². The molecule has 3 rings (SSSR count). The number of cyclic esters (lactones) is 1. The minimum atomic E-state index is -0.242. The molecule has 3 nitrogen and oxygen atoms in total. The van der Waals surface area contributed by atoms with E-state index in [1.807, 2.05) is 0 Å². The zero-order valence-electron chi connectivity index (χ0n) is 11.8. The Bertz CT molecular complexity index is 275. The number of carbonyl (C=O) groups is 1. The lowest BCUT2D eigenvalue weighted by molar-refractivity contribution is -0.242. The van der Waals surface area contributed by atoms with Crippen LogP contribution in [0, 0.1) is 11.8 Å². The Morgan fingerprint density at radius 2 is 1.37 bits per heavy atom. The van der Waals surface area contributed by atoms with Crippen molar-refractivity contribution >= 4 is 5.97 Å². The largest absolute Gasteiger partial charge is 0.435 e. The van der Waals surface area contributed by atoms with Crippen molar-refractivity contribution in [3.63, 3.8) is 0 Å². The fourth-order valence-corrected chi connectivity index (χ4v) is 3.99. The third-order valence-electron chi connectivity index (χ3n) is 5.13. The second-order valence-corrected chi connectivity index (χ2v) is 6.53. The highest BCUT2D eigenvalue weighted by molar-refractivity contribution is 5.70. The van der Waals surface area contributed by atoms with E-state index in [9.17, 15) is 4.79 Å². The molecule has 0 spiro atoms. The molecule has 0 bridgehead atoms. The van der Waals surface area contributed by atoms with Gasteiger partial charge in [-0.05, 0) is 31.6 Å². The van der Waals surface area contributed by atoms with E-state index in [0.717, 1.165) is 12.8 Å². The van der Waals surface area contributed by atoms with Gasteiger partial charge in [0.1, 0.15) is 0 Å². The van der Waals surface area contributed by atoms with Gasteiger partial charge in [0.05, 0.1) is 12.5 Å². The maximum absolute atomic E-state index is 11.9. The molecule has 0 amide bonds. The minimum Gasteiger partial charge on any atom is -0.435 e. The fraction of sp³-hybridized carbons (Fsp3) is 0.938. The summed E-state index contributed by atoms with van der Waals surface area (Å²) in [6, 6.07) is 0. The van der Waals surface area contributed by atoms with E-state index >= 15 is 0 Å². The van der Waals surface area contributed by atoms with Crippen molar-refractivity contribution in [1.29, 1.82) is 0 Å². The summed E-state index contributed by atoms with van der Waals surface area (Å²) in [6.07, 6.45) is 12.9. The molecule has 3 heteroatoms. The van der Waals surface area contributed by atoms with Crippen LogP contribution in [-0.4, -0.2) is 18.4 Å². The van der Waals surface area contributed by atoms with Gasteiger partial charge in [-0.25, -0.2) is 0 Å². The van der Waals surface area contributed by atoms with Crippen LogP contribution in [0.1, 0.15) is 70.6 Å². The monoisotopic (exact) mass is 266 g/mol. The average Bonchev–Trinajstić information content (AvgIpc) is 2.48. The zero-order chi connectivity index (χ0) is 13.1. The number of ether oxygens (including phenoxy) is 2. The summed E-state index contributed by atoms with van der Waals surface area (Å²) in [4.78, 5) is 11.9. The molecule has 2 unspecified atom stereocenters. The Balaban J connectivity index is 1.60. The van der Waals surface area contributed by atoms with Crippen LogP contribution in [0.15, 0.2) is 0 Å². The van der Waals surface area contributed by atoms with E-state index in [4.69, 9.17) is 9.47 Å². The predicted octanol–water partition coefficient (Wildman–Crippen LogP) is 3.81. The molecule has 1 saturated heterocycles. The van der Waals surface area contributed by atoms with Gasteiger partial charge in [0.15, 0.2) is 0 Å². The number of hydrogen-bond donors (Lipinski definition) is 0. The number of rotatable bonds is 2. The summed E-state index contributed by atoms with van der Waals surface area (Å²) in [6.45, 7) is 0. The maximum Gasteiger partial charge on any atom is 0.310 e. The number of carbonyl (C=O) groups excluding carboxylic acids is 1. The van der Waals surface area contributed by atoms with E-state index in [1.54, 1.807) is 0 Å². The van der Waals surface area contributed by atoms with Crippen molar-refractivity contribution in [1.82, 2.24) is 0 Å². The summed E-state index contributed by atoms with van der Waals surface area (Å²) in [5.41, 5.74) is 0. The minimum absolute atomic E-state index is 0.0302. The average molecular weight is 266 g/mol. The summed E-state index contributed by atoms with van der Waals surface area (Å²) in [5.74, 6) is 1.01. The zero-order valence-corrected chi connectivity index (χ0v) is 11.8. The van der Waals surface area contributed by atoms with Crippen molar-refractivity contribution in [2.45, 2.75) is 83.0 Å². The van der Waals surface area contributed by atoms with Gasteiger partial charge < -0.3 is 9.47 Å². The molecule has 1 aliphatic heterocycles. The van der Waals surface area contributed by atoms with E-state index in [0.29, 0.717) is 18.3 Å². The topological polar surface area (TPSA) is 35.5 Å². The van der Waals surface area contributed by atoms with Crippen LogP contribution in [0.25, 0.3) is 0 Å². The highest BCUT2D eigenvalue weighted by Crippen LogP contribution is 2.36. The van der Waals surface area contributed by atoms with E-state index in [2.05, 4.69) is 0 Å². The fourth-order valence-electron chi connectivity index (χ4n) is 3.99. The molecule has 2 saturated carbocycles. The first-order valence-corrected chi connectivity index (χ1v) is 8.18. The lowest BCUT2D eigenvalue weighted by Gasteiger charge is -2.39. The Kier molecular flexibility index (Phi) is 4.42. The molecule has 1 heterocycles. The van der Waals surface area contributed by atoms with E-state index in [-0.39, 0.29) is 18.4 Å². The molecule has 19 heavy (non-hydrogen) atoms. The van der Waals surface area contributed by atoms with Gasteiger partial charge >= 0.3 is 5.97 Å². The molecule has 2 atom stereocenters. The molecule has 0 N–H and O–H groups in total. The highest BCUT2D eigenvalue weighted by Gasteiger charge is 2.38. The quantitative estimate of drug-likeness (QED) is 0.713. The maximum atomic E-state index is 11.9. The highest BCUT2D eigenvalue weighted by atomic mass is 16.7. The SMILES string of the molecule is O=C1CC(C2CCCCC2)OC(C2CCCCC2)O1. The van der Waals surface area contributed by atoms with Gasteiger partial charge in [-0.3, -0.25) is 4.79 Å². The van der Waals surface area contributed by atoms with Crippen molar-refractivity contribution in [2.75, 3.05) is 0 Å². The molecule has 0 aromatic carbocycles. The predicted molar refractivity (Wildman–Crippen MR) is 72.5 cm³/mol. The van der Waals surface area contributed by atoms with Crippen molar-refractivity contribution in [2.24, 2.45) is 11.8 Å². The van der Waals surface area contributed by atoms with Crippen LogP contribution in [-0.2, 0) is 14.3 Å². The van der Waals surface area contributed by atoms with Crippen molar-refractivity contribution in [3.8, 4) is 0 Å². The molecule has 108 valence electrons. The second kappa shape index (κ2) is 6.25. The first kappa shape index (κ1) is 13.4. The van der Waals surface area contributed by atoms with Crippen molar-refractivity contribution < 1.29 is 14.3 Å². The molecule has 0 aromatic heterocycles. The molecule has 0 radical (unpaired) electrons. The van der Waals surface area contributed by atoms with Gasteiger partial charge in [-0.15, -0.1) is 0 Å². The second-order valence-electron chi connectivity index (χ2n) is 6.53. The Morgan fingerprint density at radius 1 is 0.789 bits per heavy atom. The van der Waals surface area contributed by atoms with Crippen LogP contribution < -0.4 is 0 Å². The molecule has 3 fully saturated rings. The van der Waals surface area contributed by atoms with Crippen LogP contribution in [0.2, 0.25) is 0 Å². The molecular weight excluding hydrogens is 240 g/mol. The third kappa shape index (κ3) is 3.31. The van der Waals surface area contributed by atoms with Crippen LogP contribution in [0.3, 0.4) is 0 Å². The lowest BCUT2D eigenvalue weighted by Crippen LogP contribution is -2.43. The Labute approximate surface area is 116 Å². The van der Waals surface area contributed by atoms with Crippen LogP contribution in [0.5, 0.6) is 0 Å². The van der Waals surface area contributed by atoms with Crippen LogP contribution >= 0.6 is 0 Å². The number of esters is 1. The van der Waals surface area contributed by atoms with E-state index < -0.39 is 0 Å². The van der Waals surface area contributed by atoms with E-state index in [1.165, 1.54) is 51.4 Å². The third-order valence-corrected chi connectivity index (χ3v) is 5.13. The Morgan fingerprint density at radius 3 is 2.00 bits per heavy atom. The van der Waals surface area contributed by atoms with Crippen LogP contribution in [0.4, 0.5) is 0 Å². The molecule has 2 aliphatic carbocycles. The van der Waals surface area contributed by atoms with Gasteiger partial charge in [0.25, 0.3) is 0 Å². The van der Waals surface area contributed by atoms with Gasteiger partial charge in [-0.2, -0.15) is 0 Å². The first-order valence-electron chi connectivity index (χ1n) is 8.18. The molecular formula is C16H26O3. The summed E-state index contributed by atoms with van der Waals surface area (Å²) >= 11 is 0. The first-order chi connectivity index (χ1) is 9.33. The number of hydrogen-bond acceptors (Lipinski definition) is 3. The van der Waals surface area contributed by atoms with Gasteiger partial charge in [0, 0.05) is 5.92 Å². The normalized spacial score (nSPS) is 35.1. The summed E-state index contributed by atoms with van der Waals surface area (Å²) in [7, 11) is 0. The van der Waals surface area contributed by atoms with Gasteiger partial charge in [-0.1, -0.05) is 38.5 Å². The Hall–Kier alpha value is -0.570. The molecule has 0 aromatic rings. The van der Waals surface area contributed by atoms with Gasteiger partial charge in [0.2, 0.25) is 6.29 Å². The molecule has 3 aliphatic rings. The summed E-state index contributed by atoms with van der Waals surface area (Å²) in [5, 5.41) is 0. The lowest BCUT2D eigenvalue weighted by atomic mass is 9.83. The summed E-state index contributed by atoms with van der Waals surface area (Å²) < 4.78 is 11.7. The smallest absolute Gasteiger partial charge is 0.310 e.